The van der Waals surface area contributed by atoms with Crippen LogP contribution in [0, 0.1) is 0 Å². The summed E-state index contributed by atoms with van der Waals surface area (Å²) in [4.78, 5) is 14.4. The minimum atomic E-state index is -3.55. The summed E-state index contributed by atoms with van der Waals surface area (Å²) in [6.45, 7) is 3.17. The van der Waals surface area contributed by atoms with E-state index in [1.807, 2.05) is 19.1 Å². The lowest BCUT2D eigenvalue weighted by Gasteiger charge is -2.34. The number of carbonyl (C=O) groups is 1. The van der Waals surface area contributed by atoms with E-state index in [2.05, 4.69) is 0 Å². The van der Waals surface area contributed by atoms with Crippen LogP contribution in [0.5, 0.6) is 5.75 Å². The number of carbonyl (C=O) groups excluding carboxylic acids is 1. The third-order valence-electron chi connectivity index (χ3n) is 4.59. The quantitative estimate of drug-likeness (QED) is 0.889. The third kappa shape index (κ3) is 3.73. The van der Waals surface area contributed by atoms with Gasteiger partial charge in [0.1, 0.15) is 5.75 Å². The fourth-order valence-corrected chi connectivity index (χ4v) is 4.42. The Bertz CT molecular complexity index is 886. The van der Waals surface area contributed by atoms with E-state index in [0.717, 1.165) is 12.0 Å². The van der Waals surface area contributed by atoms with Gasteiger partial charge in [0.05, 0.1) is 4.90 Å². The van der Waals surface area contributed by atoms with Crippen molar-refractivity contribution in [1.82, 2.24) is 9.21 Å². The summed E-state index contributed by atoms with van der Waals surface area (Å²) >= 11 is 0. The molecule has 1 aliphatic rings. The van der Waals surface area contributed by atoms with Gasteiger partial charge in [-0.25, -0.2) is 8.42 Å². The van der Waals surface area contributed by atoms with Gasteiger partial charge in [-0.15, -0.1) is 0 Å². The summed E-state index contributed by atoms with van der Waals surface area (Å²) in [6.07, 6.45) is 0.857. The van der Waals surface area contributed by atoms with Gasteiger partial charge in [-0.1, -0.05) is 25.1 Å². The molecule has 1 N–H and O–H groups in total. The van der Waals surface area contributed by atoms with E-state index in [4.69, 9.17) is 0 Å². The molecule has 1 saturated heterocycles. The van der Waals surface area contributed by atoms with Crippen LogP contribution in [0.1, 0.15) is 22.8 Å². The van der Waals surface area contributed by atoms with E-state index in [1.54, 1.807) is 29.2 Å². The number of sulfonamides is 1. The first-order valence-corrected chi connectivity index (χ1v) is 10.0. The Balaban J connectivity index is 1.68. The molecule has 0 aromatic heterocycles. The van der Waals surface area contributed by atoms with Crippen molar-refractivity contribution in [3.8, 4) is 5.75 Å². The normalized spacial score (nSPS) is 15.8. The maximum absolute atomic E-state index is 12.8. The van der Waals surface area contributed by atoms with Crippen LogP contribution in [0.15, 0.2) is 53.4 Å². The highest BCUT2D eigenvalue weighted by Gasteiger charge is 2.30. The first-order valence-electron chi connectivity index (χ1n) is 8.59. The summed E-state index contributed by atoms with van der Waals surface area (Å²) in [5.74, 6) is -0.169. The number of phenolic OH excluding ortho intramolecular Hbond substituents is 1. The standard InChI is InChI=1S/C19H22N2O4S/c1-2-15-6-8-18(9-7-15)26(24,25)21-12-10-20(11-13-21)19(23)16-4-3-5-17(22)14-16/h3-9,14,22H,2,10-13H2,1H3. The Morgan fingerprint density at radius 2 is 1.69 bits per heavy atom. The number of aromatic hydroxyl groups is 1. The van der Waals surface area contributed by atoms with Crippen LogP contribution in [0.3, 0.4) is 0 Å². The molecule has 6 nitrogen and oxygen atoms in total. The zero-order valence-electron chi connectivity index (χ0n) is 14.6. The molecule has 0 radical (unpaired) electrons. The van der Waals surface area contributed by atoms with Gasteiger partial charge in [-0.3, -0.25) is 4.79 Å². The number of phenols is 1. The number of rotatable bonds is 4. The molecule has 7 heteroatoms. The summed E-state index contributed by atoms with van der Waals surface area (Å²) in [7, 11) is -3.55. The zero-order valence-corrected chi connectivity index (χ0v) is 15.4. The first kappa shape index (κ1) is 18.4. The molecular formula is C19H22N2O4S. The van der Waals surface area contributed by atoms with E-state index in [-0.39, 0.29) is 29.6 Å². The van der Waals surface area contributed by atoms with Crippen molar-refractivity contribution in [2.24, 2.45) is 0 Å². The number of amides is 1. The van der Waals surface area contributed by atoms with Crippen LogP contribution >= 0.6 is 0 Å². The van der Waals surface area contributed by atoms with E-state index in [9.17, 15) is 18.3 Å². The zero-order chi connectivity index (χ0) is 18.7. The van der Waals surface area contributed by atoms with Crippen molar-refractivity contribution in [1.29, 1.82) is 0 Å². The van der Waals surface area contributed by atoms with Gasteiger partial charge in [0.2, 0.25) is 10.0 Å². The SMILES string of the molecule is CCc1ccc(S(=O)(=O)N2CCN(C(=O)c3cccc(O)c3)CC2)cc1. The van der Waals surface area contributed by atoms with Crippen LogP contribution < -0.4 is 0 Å². The number of nitrogens with zero attached hydrogens (tertiary/aromatic N) is 2. The summed E-state index contributed by atoms with van der Waals surface area (Å²) < 4.78 is 27.0. The Labute approximate surface area is 153 Å². The molecule has 1 aliphatic heterocycles. The summed E-state index contributed by atoms with van der Waals surface area (Å²) in [6, 6.07) is 13.1. The van der Waals surface area contributed by atoms with Gasteiger partial charge in [0.25, 0.3) is 5.91 Å². The number of hydrogen-bond acceptors (Lipinski definition) is 4. The average molecular weight is 374 g/mol. The Morgan fingerprint density at radius 3 is 2.27 bits per heavy atom. The molecule has 1 heterocycles. The summed E-state index contributed by atoms with van der Waals surface area (Å²) in [5, 5.41) is 9.51. The number of piperazine rings is 1. The highest BCUT2D eigenvalue weighted by Crippen LogP contribution is 2.20. The van der Waals surface area contributed by atoms with E-state index in [0.29, 0.717) is 18.7 Å². The lowest BCUT2D eigenvalue weighted by Crippen LogP contribution is -2.50. The van der Waals surface area contributed by atoms with Crippen molar-refractivity contribution in [3.63, 3.8) is 0 Å². The molecule has 138 valence electrons. The fraction of sp³-hybridized carbons (Fsp3) is 0.316. The smallest absolute Gasteiger partial charge is 0.254 e. The maximum atomic E-state index is 12.8. The number of benzene rings is 2. The molecule has 0 spiro atoms. The van der Waals surface area contributed by atoms with Crippen molar-refractivity contribution in [3.05, 3.63) is 59.7 Å². The van der Waals surface area contributed by atoms with E-state index < -0.39 is 10.0 Å². The van der Waals surface area contributed by atoms with Crippen molar-refractivity contribution < 1.29 is 18.3 Å². The fourth-order valence-electron chi connectivity index (χ4n) is 3.00. The van der Waals surface area contributed by atoms with E-state index >= 15 is 0 Å². The van der Waals surface area contributed by atoms with Crippen molar-refractivity contribution in [2.75, 3.05) is 26.2 Å². The van der Waals surface area contributed by atoms with Gasteiger partial charge in [-0.2, -0.15) is 4.31 Å². The van der Waals surface area contributed by atoms with Crippen LogP contribution in [0.2, 0.25) is 0 Å². The molecular weight excluding hydrogens is 352 g/mol. The minimum Gasteiger partial charge on any atom is -0.508 e. The predicted octanol–water partition coefficient (Wildman–Crippen LogP) is 2.10. The van der Waals surface area contributed by atoms with E-state index in [1.165, 1.54) is 16.4 Å². The Morgan fingerprint density at radius 1 is 1.04 bits per heavy atom. The molecule has 26 heavy (non-hydrogen) atoms. The molecule has 3 rings (SSSR count). The van der Waals surface area contributed by atoms with Crippen LogP contribution in [0.25, 0.3) is 0 Å². The molecule has 2 aromatic carbocycles. The number of aryl methyl sites for hydroxylation is 1. The lowest BCUT2D eigenvalue weighted by molar-refractivity contribution is 0.0697. The van der Waals surface area contributed by atoms with Crippen LogP contribution in [0.4, 0.5) is 0 Å². The summed E-state index contributed by atoms with van der Waals surface area (Å²) in [5.41, 5.74) is 1.49. The molecule has 0 bridgehead atoms. The van der Waals surface area contributed by atoms with Crippen molar-refractivity contribution in [2.45, 2.75) is 18.2 Å². The second-order valence-corrected chi connectivity index (χ2v) is 8.18. The molecule has 2 aromatic rings. The van der Waals surface area contributed by atoms with Gasteiger partial charge >= 0.3 is 0 Å². The topological polar surface area (TPSA) is 77.9 Å². The van der Waals surface area contributed by atoms with Gasteiger partial charge in [0.15, 0.2) is 0 Å². The molecule has 1 amide bonds. The average Bonchev–Trinajstić information content (AvgIpc) is 2.67. The molecule has 0 unspecified atom stereocenters. The van der Waals surface area contributed by atoms with Gasteiger partial charge in [-0.05, 0) is 42.3 Å². The molecule has 0 saturated carbocycles. The first-order chi connectivity index (χ1) is 12.4. The second-order valence-electron chi connectivity index (χ2n) is 6.24. The predicted molar refractivity (Wildman–Crippen MR) is 98.6 cm³/mol. The second kappa shape index (κ2) is 7.47. The Hall–Kier alpha value is -2.38. The molecule has 1 fully saturated rings. The highest BCUT2D eigenvalue weighted by molar-refractivity contribution is 7.89. The van der Waals surface area contributed by atoms with Gasteiger partial charge in [0, 0.05) is 31.7 Å². The van der Waals surface area contributed by atoms with Crippen LogP contribution in [-0.4, -0.2) is 54.8 Å². The maximum Gasteiger partial charge on any atom is 0.254 e. The Kier molecular flexibility index (Phi) is 5.29. The lowest BCUT2D eigenvalue weighted by atomic mass is 10.2. The molecule has 0 aliphatic carbocycles. The van der Waals surface area contributed by atoms with Gasteiger partial charge < -0.3 is 10.0 Å². The minimum absolute atomic E-state index is 0.0348. The molecule has 0 atom stereocenters. The van der Waals surface area contributed by atoms with Crippen molar-refractivity contribution >= 4 is 15.9 Å². The highest BCUT2D eigenvalue weighted by atomic mass is 32.2. The largest absolute Gasteiger partial charge is 0.508 e. The monoisotopic (exact) mass is 374 g/mol. The third-order valence-corrected chi connectivity index (χ3v) is 6.50. The number of hydrogen-bond donors (Lipinski definition) is 1. The van der Waals surface area contributed by atoms with Crippen LogP contribution in [-0.2, 0) is 16.4 Å².